The van der Waals surface area contributed by atoms with E-state index >= 15 is 0 Å². The first-order valence-electron chi connectivity index (χ1n) is 5.99. The number of rotatable bonds is 6. The minimum absolute atomic E-state index is 0.550. The number of nitrogens with zero attached hydrogens (tertiary/aromatic N) is 1. The predicted molar refractivity (Wildman–Crippen MR) is 67.0 cm³/mol. The SMILES string of the molecule is CC(C)CC(C)N(C)Cc1cc(CN)co1. The molecule has 0 radical (unpaired) electrons. The number of furan rings is 1. The van der Waals surface area contributed by atoms with Gasteiger partial charge in [0.1, 0.15) is 5.76 Å². The first kappa shape index (κ1) is 13.3. The second kappa shape index (κ2) is 6.06. The van der Waals surface area contributed by atoms with Crippen molar-refractivity contribution in [3.8, 4) is 0 Å². The summed E-state index contributed by atoms with van der Waals surface area (Å²) in [7, 11) is 2.14. The molecule has 1 aromatic heterocycles. The lowest BCUT2D eigenvalue weighted by Crippen LogP contribution is -2.29. The number of hydrogen-bond donors (Lipinski definition) is 1. The molecule has 1 heterocycles. The lowest BCUT2D eigenvalue weighted by atomic mass is 10.0. The van der Waals surface area contributed by atoms with Crippen molar-refractivity contribution >= 4 is 0 Å². The number of hydrogen-bond acceptors (Lipinski definition) is 3. The van der Waals surface area contributed by atoms with Gasteiger partial charge in [-0.1, -0.05) is 13.8 Å². The van der Waals surface area contributed by atoms with Crippen LogP contribution in [0.1, 0.15) is 38.5 Å². The zero-order chi connectivity index (χ0) is 12.1. The van der Waals surface area contributed by atoms with Gasteiger partial charge in [-0.05, 0) is 32.4 Å². The van der Waals surface area contributed by atoms with Gasteiger partial charge in [-0.2, -0.15) is 0 Å². The Morgan fingerprint density at radius 3 is 2.56 bits per heavy atom. The Bertz CT molecular complexity index is 307. The molecule has 1 aromatic rings. The molecular formula is C13H24N2O. The summed E-state index contributed by atoms with van der Waals surface area (Å²) in [5, 5.41) is 0. The highest BCUT2D eigenvalue weighted by Crippen LogP contribution is 2.14. The zero-order valence-electron chi connectivity index (χ0n) is 10.9. The summed E-state index contributed by atoms with van der Waals surface area (Å²) in [6, 6.07) is 2.62. The molecule has 0 aliphatic rings. The van der Waals surface area contributed by atoms with E-state index in [9.17, 15) is 0 Å². The smallest absolute Gasteiger partial charge is 0.118 e. The summed E-state index contributed by atoms with van der Waals surface area (Å²) in [6.45, 7) is 8.17. The van der Waals surface area contributed by atoms with Gasteiger partial charge in [0.05, 0.1) is 12.8 Å². The molecule has 1 atom stereocenters. The van der Waals surface area contributed by atoms with Gasteiger partial charge in [-0.3, -0.25) is 4.90 Å². The highest BCUT2D eigenvalue weighted by atomic mass is 16.3. The molecule has 3 heteroatoms. The molecule has 0 amide bonds. The highest BCUT2D eigenvalue weighted by Gasteiger charge is 2.12. The average Bonchev–Trinajstić information content (AvgIpc) is 2.64. The Balaban J connectivity index is 2.46. The van der Waals surface area contributed by atoms with Crippen LogP contribution >= 0.6 is 0 Å². The lowest BCUT2D eigenvalue weighted by Gasteiger charge is -2.25. The van der Waals surface area contributed by atoms with E-state index in [4.69, 9.17) is 10.2 Å². The van der Waals surface area contributed by atoms with Gasteiger partial charge < -0.3 is 10.2 Å². The van der Waals surface area contributed by atoms with Gasteiger partial charge in [0.25, 0.3) is 0 Å². The Morgan fingerprint density at radius 2 is 2.06 bits per heavy atom. The number of nitrogens with two attached hydrogens (primary N) is 1. The standard InChI is InChI=1S/C13H24N2O/c1-10(2)5-11(3)15(4)8-13-6-12(7-14)9-16-13/h6,9-11H,5,7-8,14H2,1-4H3. The monoisotopic (exact) mass is 224 g/mol. The van der Waals surface area contributed by atoms with Crippen LogP contribution in [0.15, 0.2) is 16.7 Å². The summed E-state index contributed by atoms with van der Waals surface area (Å²) < 4.78 is 5.46. The molecule has 0 aliphatic heterocycles. The van der Waals surface area contributed by atoms with Crippen molar-refractivity contribution < 1.29 is 4.42 Å². The molecule has 2 N–H and O–H groups in total. The van der Waals surface area contributed by atoms with Crippen LogP contribution in [0.2, 0.25) is 0 Å². The topological polar surface area (TPSA) is 42.4 Å². The average molecular weight is 224 g/mol. The Labute approximate surface area is 98.6 Å². The molecule has 0 aromatic carbocycles. The van der Waals surface area contributed by atoms with Crippen molar-refractivity contribution in [2.24, 2.45) is 11.7 Å². The maximum atomic E-state index is 5.55. The van der Waals surface area contributed by atoms with E-state index in [2.05, 4.69) is 32.7 Å². The van der Waals surface area contributed by atoms with Crippen molar-refractivity contribution in [2.45, 2.75) is 46.3 Å². The molecule has 1 unspecified atom stereocenters. The second-order valence-corrected chi connectivity index (χ2v) is 5.02. The van der Waals surface area contributed by atoms with Crippen LogP contribution < -0.4 is 5.73 Å². The molecule has 0 saturated carbocycles. The van der Waals surface area contributed by atoms with Crippen LogP contribution in [0.5, 0.6) is 0 Å². The summed E-state index contributed by atoms with van der Waals surface area (Å²) in [4.78, 5) is 2.32. The summed E-state index contributed by atoms with van der Waals surface area (Å²) in [5.41, 5.74) is 6.62. The Kier molecular flexibility index (Phi) is 5.03. The predicted octanol–water partition coefficient (Wildman–Crippen LogP) is 2.60. The van der Waals surface area contributed by atoms with Crippen molar-refractivity contribution in [2.75, 3.05) is 7.05 Å². The molecule has 3 nitrogen and oxygen atoms in total. The summed E-state index contributed by atoms with van der Waals surface area (Å²) in [5.74, 6) is 1.73. The minimum Gasteiger partial charge on any atom is -0.468 e. The molecule has 0 spiro atoms. The first-order chi connectivity index (χ1) is 7.52. The van der Waals surface area contributed by atoms with E-state index in [-0.39, 0.29) is 0 Å². The first-order valence-corrected chi connectivity index (χ1v) is 5.99. The molecule has 0 fully saturated rings. The van der Waals surface area contributed by atoms with E-state index < -0.39 is 0 Å². The van der Waals surface area contributed by atoms with Crippen LogP contribution in [-0.2, 0) is 13.1 Å². The summed E-state index contributed by atoms with van der Waals surface area (Å²) >= 11 is 0. The van der Waals surface area contributed by atoms with Gasteiger partial charge >= 0.3 is 0 Å². The van der Waals surface area contributed by atoms with Gasteiger partial charge in [-0.25, -0.2) is 0 Å². The maximum Gasteiger partial charge on any atom is 0.118 e. The van der Waals surface area contributed by atoms with Crippen molar-refractivity contribution in [1.82, 2.24) is 4.90 Å². The molecular weight excluding hydrogens is 200 g/mol. The van der Waals surface area contributed by atoms with E-state index in [0.717, 1.165) is 23.8 Å². The van der Waals surface area contributed by atoms with Gasteiger partial charge in [0.2, 0.25) is 0 Å². The van der Waals surface area contributed by atoms with Crippen molar-refractivity contribution in [1.29, 1.82) is 0 Å². The van der Waals surface area contributed by atoms with E-state index in [0.29, 0.717) is 12.6 Å². The van der Waals surface area contributed by atoms with Crippen LogP contribution in [0.4, 0.5) is 0 Å². The maximum absolute atomic E-state index is 5.55. The Hall–Kier alpha value is -0.800. The molecule has 0 aliphatic carbocycles. The molecule has 92 valence electrons. The van der Waals surface area contributed by atoms with Crippen molar-refractivity contribution in [3.63, 3.8) is 0 Å². The third-order valence-corrected chi connectivity index (χ3v) is 2.91. The van der Waals surface area contributed by atoms with Gasteiger partial charge in [-0.15, -0.1) is 0 Å². The largest absolute Gasteiger partial charge is 0.468 e. The lowest BCUT2D eigenvalue weighted by molar-refractivity contribution is 0.205. The van der Waals surface area contributed by atoms with E-state index in [1.807, 2.05) is 6.07 Å². The fourth-order valence-electron chi connectivity index (χ4n) is 1.88. The van der Waals surface area contributed by atoms with E-state index in [1.54, 1.807) is 6.26 Å². The quantitative estimate of drug-likeness (QED) is 0.807. The van der Waals surface area contributed by atoms with Crippen LogP contribution in [0.25, 0.3) is 0 Å². The van der Waals surface area contributed by atoms with E-state index in [1.165, 1.54) is 6.42 Å². The fraction of sp³-hybridized carbons (Fsp3) is 0.692. The van der Waals surface area contributed by atoms with Gasteiger partial charge in [0, 0.05) is 18.2 Å². The molecule has 1 rings (SSSR count). The third kappa shape index (κ3) is 3.99. The fourth-order valence-corrected chi connectivity index (χ4v) is 1.88. The Morgan fingerprint density at radius 1 is 1.38 bits per heavy atom. The molecule has 16 heavy (non-hydrogen) atoms. The summed E-state index contributed by atoms with van der Waals surface area (Å²) in [6.07, 6.45) is 2.96. The third-order valence-electron chi connectivity index (χ3n) is 2.91. The highest BCUT2D eigenvalue weighted by molar-refractivity contribution is 5.12. The van der Waals surface area contributed by atoms with Gasteiger partial charge in [0.15, 0.2) is 0 Å². The zero-order valence-corrected chi connectivity index (χ0v) is 10.9. The van der Waals surface area contributed by atoms with Crippen molar-refractivity contribution in [3.05, 3.63) is 23.7 Å². The normalized spacial score (nSPS) is 13.7. The second-order valence-electron chi connectivity index (χ2n) is 5.02. The van der Waals surface area contributed by atoms with Crippen LogP contribution in [-0.4, -0.2) is 18.0 Å². The minimum atomic E-state index is 0.550. The van der Waals surface area contributed by atoms with Crippen LogP contribution in [0.3, 0.4) is 0 Å². The molecule has 0 saturated heterocycles. The molecule has 0 bridgehead atoms. The van der Waals surface area contributed by atoms with Crippen LogP contribution in [0, 0.1) is 5.92 Å².